The van der Waals surface area contributed by atoms with Gasteiger partial charge in [0.2, 0.25) is 0 Å². The molecule has 1 aliphatic carbocycles. The van der Waals surface area contributed by atoms with Crippen molar-refractivity contribution in [2.45, 2.75) is 25.7 Å². The van der Waals surface area contributed by atoms with Crippen molar-refractivity contribution in [3.05, 3.63) is 51.4 Å². The number of nitrogens with zero attached hydrogens (tertiary/aromatic N) is 1. The first-order valence-electron chi connectivity index (χ1n) is 8.27. The average Bonchev–Trinajstić information content (AvgIpc) is 3.45. The monoisotopic (exact) mass is 325 g/mol. The second kappa shape index (κ2) is 5.82. The first-order chi connectivity index (χ1) is 11.7. The van der Waals surface area contributed by atoms with Crippen LogP contribution in [0.4, 0.5) is 0 Å². The highest BCUT2D eigenvalue weighted by atomic mass is 16.5. The molecule has 0 unspecified atom stereocenters. The average molecular weight is 325 g/mol. The summed E-state index contributed by atoms with van der Waals surface area (Å²) in [7, 11) is 1.52. The van der Waals surface area contributed by atoms with E-state index >= 15 is 0 Å². The molecular formula is C19H19NO4. The summed E-state index contributed by atoms with van der Waals surface area (Å²) in [5, 5.41) is 0.690. The molecule has 0 bridgehead atoms. The summed E-state index contributed by atoms with van der Waals surface area (Å²) in [6.45, 7) is 1.35. The number of amides is 1. The fraction of sp³-hybridized carbons (Fsp3) is 0.368. The van der Waals surface area contributed by atoms with Crippen LogP contribution in [0.25, 0.3) is 11.0 Å². The Bertz CT molecular complexity index is 893. The van der Waals surface area contributed by atoms with Gasteiger partial charge in [-0.05, 0) is 37.8 Å². The Morgan fingerprint density at radius 1 is 1.12 bits per heavy atom. The van der Waals surface area contributed by atoms with E-state index in [0.29, 0.717) is 29.8 Å². The molecule has 1 amide bonds. The third-order valence-electron chi connectivity index (χ3n) is 4.83. The second-order valence-corrected chi connectivity index (χ2v) is 6.33. The third kappa shape index (κ3) is 2.60. The minimum Gasteiger partial charge on any atom is -0.493 e. The van der Waals surface area contributed by atoms with E-state index in [0.717, 1.165) is 12.8 Å². The summed E-state index contributed by atoms with van der Waals surface area (Å²) < 4.78 is 10.6. The van der Waals surface area contributed by atoms with Crippen molar-refractivity contribution in [3.8, 4) is 5.75 Å². The van der Waals surface area contributed by atoms with Crippen LogP contribution in [0.3, 0.4) is 0 Å². The maximum Gasteiger partial charge on any atom is 0.349 e. The SMILES string of the molecule is COc1cccc2cc(C(=O)N3CCC(=C4CC4)CC3)c(=O)oc12. The van der Waals surface area contributed by atoms with Gasteiger partial charge in [0.1, 0.15) is 5.56 Å². The van der Waals surface area contributed by atoms with Crippen LogP contribution in [-0.4, -0.2) is 31.0 Å². The fourth-order valence-electron chi connectivity index (χ4n) is 3.35. The van der Waals surface area contributed by atoms with Crippen LogP contribution in [0.5, 0.6) is 5.75 Å². The van der Waals surface area contributed by atoms with E-state index in [1.807, 2.05) is 12.1 Å². The lowest BCUT2D eigenvalue weighted by Gasteiger charge is -2.28. The zero-order valence-corrected chi connectivity index (χ0v) is 13.6. The molecule has 5 heteroatoms. The number of benzene rings is 1. The lowest BCUT2D eigenvalue weighted by atomic mass is 10.0. The van der Waals surface area contributed by atoms with Crippen molar-refractivity contribution in [3.63, 3.8) is 0 Å². The molecule has 1 aliphatic heterocycles. The molecule has 0 radical (unpaired) electrons. The number of ether oxygens (including phenoxy) is 1. The second-order valence-electron chi connectivity index (χ2n) is 6.33. The molecule has 5 nitrogen and oxygen atoms in total. The number of hydrogen-bond donors (Lipinski definition) is 0. The van der Waals surface area contributed by atoms with Crippen LogP contribution in [0.2, 0.25) is 0 Å². The molecule has 2 fully saturated rings. The van der Waals surface area contributed by atoms with Gasteiger partial charge in [-0.1, -0.05) is 23.3 Å². The van der Waals surface area contributed by atoms with Crippen LogP contribution in [0, 0.1) is 0 Å². The lowest BCUT2D eigenvalue weighted by molar-refractivity contribution is 0.0739. The topological polar surface area (TPSA) is 59.8 Å². The van der Waals surface area contributed by atoms with E-state index in [1.54, 1.807) is 22.6 Å². The Morgan fingerprint density at radius 3 is 2.50 bits per heavy atom. The van der Waals surface area contributed by atoms with Gasteiger partial charge in [-0.3, -0.25) is 4.79 Å². The Labute approximate surface area is 139 Å². The maximum atomic E-state index is 12.7. The standard InChI is InChI=1S/C19H19NO4/c1-23-16-4-2-3-14-11-15(19(22)24-17(14)16)18(21)20-9-7-13(8-10-20)12-5-6-12/h2-4,11H,5-10H2,1H3. The van der Waals surface area contributed by atoms with Gasteiger partial charge in [-0.25, -0.2) is 4.79 Å². The molecular weight excluding hydrogens is 306 g/mol. The van der Waals surface area contributed by atoms with E-state index in [9.17, 15) is 9.59 Å². The van der Waals surface area contributed by atoms with Crippen molar-refractivity contribution in [1.82, 2.24) is 4.90 Å². The third-order valence-corrected chi connectivity index (χ3v) is 4.83. The number of methoxy groups -OCH3 is 1. The van der Waals surface area contributed by atoms with Crippen LogP contribution >= 0.6 is 0 Å². The van der Waals surface area contributed by atoms with Crippen molar-refractivity contribution >= 4 is 16.9 Å². The molecule has 0 atom stereocenters. The smallest absolute Gasteiger partial charge is 0.349 e. The highest BCUT2D eigenvalue weighted by Gasteiger charge is 2.27. The van der Waals surface area contributed by atoms with E-state index in [4.69, 9.17) is 9.15 Å². The molecule has 1 aromatic carbocycles. The molecule has 0 N–H and O–H groups in total. The van der Waals surface area contributed by atoms with E-state index in [-0.39, 0.29) is 11.5 Å². The zero-order chi connectivity index (χ0) is 16.7. The number of likely N-dealkylation sites (tertiary alicyclic amines) is 1. The Balaban J connectivity index is 1.64. The van der Waals surface area contributed by atoms with Crippen LogP contribution in [0.15, 0.2) is 44.6 Å². The molecule has 124 valence electrons. The molecule has 1 saturated carbocycles. The van der Waals surface area contributed by atoms with Crippen molar-refractivity contribution < 1.29 is 13.9 Å². The molecule has 24 heavy (non-hydrogen) atoms. The summed E-state index contributed by atoms with van der Waals surface area (Å²) >= 11 is 0. The van der Waals surface area contributed by atoms with Crippen molar-refractivity contribution in [2.24, 2.45) is 0 Å². The minimum atomic E-state index is -0.608. The maximum absolute atomic E-state index is 12.7. The van der Waals surface area contributed by atoms with E-state index in [2.05, 4.69) is 0 Å². The van der Waals surface area contributed by atoms with Gasteiger partial charge in [0, 0.05) is 18.5 Å². The molecule has 2 heterocycles. The number of hydrogen-bond acceptors (Lipinski definition) is 4. The van der Waals surface area contributed by atoms with Gasteiger partial charge in [0.15, 0.2) is 11.3 Å². The largest absolute Gasteiger partial charge is 0.493 e. The highest BCUT2D eigenvalue weighted by Crippen LogP contribution is 2.36. The van der Waals surface area contributed by atoms with Crippen LogP contribution in [0.1, 0.15) is 36.0 Å². The Kier molecular flexibility index (Phi) is 3.63. The van der Waals surface area contributed by atoms with Gasteiger partial charge in [0.05, 0.1) is 7.11 Å². The summed E-state index contributed by atoms with van der Waals surface area (Å²) in [4.78, 5) is 26.8. The molecule has 2 aliphatic rings. The minimum absolute atomic E-state index is 0.0956. The van der Waals surface area contributed by atoms with Crippen LogP contribution < -0.4 is 10.4 Å². The molecule has 4 rings (SSSR count). The summed E-state index contributed by atoms with van der Waals surface area (Å²) in [6.07, 6.45) is 4.29. The first kappa shape index (κ1) is 15.0. The Hall–Kier alpha value is -2.56. The number of allylic oxidation sites excluding steroid dienone is 1. The first-order valence-corrected chi connectivity index (χ1v) is 8.27. The summed E-state index contributed by atoms with van der Waals surface area (Å²) in [5.41, 5.74) is 2.94. The van der Waals surface area contributed by atoms with Gasteiger partial charge < -0.3 is 14.1 Å². The number of rotatable bonds is 2. The molecule has 1 aromatic heterocycles. The highest BCUT2D eigenvalue weighted by molar-refractivity contribution is 5.97. The number of piperidine rings is 1. The zero-order valence-electron chi connectivity index (χ0n) is 13.6. The molecule has 1 saturated heterocycles. The number of carbonyl (C=O) groups is 1. The quantitative estimate of drug-likeness (QED) is 0.629. The summed E-state index contributed by atoms with van der Waals surface area (Å²) in [6, 6.07) is 6.96. The van der Waals surface area contributed by atoms with Crippen molar-refractivity contribution in [1.29, 1.82) is 0 Å². The summed E-state index contributed by atoms with van der Waals surface area (Å²) in [5.74, 6) is 0.246. The predicted molar refractivity (Wildman–Crippen MR) is 90.4 cm³/mol. The van der Waals surface area contributed by atoms with Gasteiger partial charge in [0.25, 0.3) is 5.91 Å². The van der Waals surface area contributed by atoms with Gasteiger partial charge >= 0.3 is 5.63 Å². The Morgan fingerprint density at radius 2 is 1.83 bits per heavy atom. The van der Waals surface area contributed by atoms with Gasteiger partial charge in [-0.2, -0.15) is 0 Å². The van der Waals surface area contributed by atoms with E-state index < -0.39 is 5.63 Å². The normalized spacial score (nSPS) is 17.3. The number of fused-ring (bicyclic) bond motifs is 1. The fourth-order valence-corrected chi connectivity index (χ4v) is 3.35. The molecule has 2 aromatic rings. The predicted octanol–water partition coefficient (Wildman–Crippen LogP) is 3.13. The van der Waals surface area contributed by atoms with Crippen molar-refractivity contribution in [2.75, 3.05) is 20.2 Å². The number of carbonyl (C=O) groups excluding carboxylic acids is 1. The van der Waals surface area contributed by atoms with Gasteiger partial charge in [-0.15, -0.1) is 0 Å². The lowest BCUT2D eigenvalue weighted by Crippen LogP contribution is -2.38. The number of para-hydroxylation sites is 1. The van der Waals surface area contributed by atoms with E-state index in [1.165, 1.54) is 25.5 Å². The van der Waals surface area contributed by atoms with Crippen LogP contribution in [-0.2, 0) is 0 Å². The molecule has 0 spiro atoms.